The molecule has 2 N–H and O–H groups in total. The Labute approximate surface area is 153 Å². The van der Waals surface area contributed by atoms with Crippen molar-refractivity contribution in [3.63, 3.8) is 0 Å². The number of nitrogens with zero attached hydrogens (tertiary/aromatic N) is 2. The molecule has 0 aromatic carbocycles. The van der Waals surface area contributed by atoms with E-state index >= 15 is 0 Å². The van der Waals surface area contributed by atoms with Gasteiger partial charge in [-0.2, -0.15) is 0 Å². The predicted molar refractivity (Wildman–Crippen MR) is 100 cm³/mol. The third-order valence-corrected chi connectivity index (χ3v) is 5.00. The van der Waals surface area contributed by atoms with Gasteiger partial charge >= 0.3 is 0 Å². The molecule has 1 aliphatic heterocycles. The maximum atomic E-state index is 12.4. The minimum atomic E-state index is 0.0997. The summed E-state index contributed by atoms with van der Waals surface area (Å²) in [6, 6.07) is 2.11. The Hall–Kier alpha value is -1.64. The molecule has 0 aliphatic carbocycles. The second kappa shape index (κ2) is 11.1. The van der Waals surface area contributed by atoms with Crippen LogP contribution >= 0.6 is 11.3 Å². The number of aliphatic imine (C=N–C) groups is 1. The minimum absolute atomic E-state index is 0.0997. The first-order valence-electron chi connectivity index (χ1n) is 8.58. The van der Waals surface area contributed by atoms with Crippen molar-refractivity contribution < 1.29 is 14.3 Å². The van der Waals surface area contributed by atoms with E-state index in [1.54, 1.807) is 25.5 Å². The van der Waals surface area contributed by atoms with Crippen molar-refractivity contribution in [3.8, 4) is 0 Å². The summed E-state index contributed by atoms with van der Waals surface area (Å²) in [5, 5.41) is 8.37. The van der Waals surface area contributed by atoms with Crippen molar-refractivity contribution in [1.29, 1.82) is 0 Å². The molecule has 25 heavy (non-hydrogen) atoms. The highest BCUT2D eigenvalue weighted by atomic mass is 32.1. The van der Waals surface area contributed by atoms with Crippen molar-refractivity contribution in [3.05, 3.63) is 21.9 Å². The topological polar surface area (TPSA) is 75.2 Å². The summed E-state index contributed by atoms with van der Waals surface area (Å²) in [6.45, 7) is 4.39. The SMILES string of the molecule is CN=C(NCCCOCCOC)NCC(=O)N1CCc2sccc2C1. The highest BCUT2D eigenvalue weighted by Crippen LogP contribution is 2.23. The van der Waals surface area contributed by atoms with Gasteiger partial charge in [-0.05, 0) is 29.9 Å². The monoisotopic (exact) mass is 368 g/mol. The van der Waals surface area contributed by atoms with Gasteiger partial charge in [0.25, 0.3) is 0 Å². The predicted octanol–water partition coefficient (Wildman–Crippen LogP) is 0.851. The summed E-state index contributed by atoms with van der Waals surface area (Å²) < 4.78 is 10.3. The van der Waals surface area contributed by atoms with Crippen LogP contribution < -0.4 is 10.6 Å². The fourth-order valence-corrected chi connectivity index (χ4v) is 3.47. The molecule has 2 rings (SSSR count). The van der Waals surface area contributed by atoms with Gasteiger partial charge < -0.3 is 25.0 Å². The Morgan fingerprint density at radius 3 is 3.04 bits per heavy atom. The maximum Gasteiger partial charge on any atom is 0.242 e. The van der Waals surface area contributed by atoms with Crippen LogP contribution in [0.4, 0.5) is 0 Å². The van der Waals surface area contributed by atoms with Gasteiger partial charge in [-0.15, -0.1) is 11.3 Å². The molecule has 0 bridgehead atoms. The van der Waals surface area contributed by atoms with Crippen molar-refractivity contribution in [2.24, 2.45) is 4.99 Å². The van der Waals surface area contributed by atoms with E-state index in [9.17, 15) is 4.79 Å². The van der Waals surface area contributed by atoms with E-state index in [-0.39, 0.29) is 12.5 Å². The molecule has 0 saturated heterocycles. The van der Waals surface area contributed by atoms with Crippen LogP contribution in [0.25, 0.3) is 0 Å². The molecular weight excluding hydrogens is 340 g/mol. The summed E-state index contributed by atoms with van der Waals surface area (Å²) in [5.74, 6) is 0.737. The molecule has 1 aliphatic rings. The first-order valence-corrected chi connectivity index (χ1v) is 9.46. The normalized spacial score (nSPS) is 14.3. The van der Waals surface area contributed by atoms with Crippen molar-refractivity contribution in [1.82, 2.24) is 15.5 Å². The lowest BCUT2D eigenvalue weighted by Crippen LogP contribution is -2.46. The average Bonchev–Trinajstić information content (AvgIpc) is 3.10. The van der Waals surface area contributed by atoms with Gasteiger partial charge in [0.1, 0.15) is 0 Å². The first-order chi connectivity index (χ1) is 12.2. The highest BCUT2D eigenvalue weighted by Gasteiger charge is 2.21. The molecule has 0 atom stereocenters. The van der Waals surface area contributed by atoms with Crippen LogP contribution in [0.15, 0.2) is 16.4 Å². The Morgan fingerprint density at radius 2 is 2.24 bits per heavy atom. The number of carbonyl (C=O) groups excluding carboxylic acids is 1. The van der Waals surface area contributed by atoms with Gasteiger partial charge in [0.15, 0.2) is 5.96 Å². The second-order valence-electron chi connectivity index (χ2n) is 5.75. The van der Waals surface area contributed by atoms with E-state index in [0.717, 1.165) is 25.9 Å². The second-order valence-corrected chi connectivity index (χ2v) is 6.75. The van der Waals surface area contributed by atoms with Crippen molar-refractivity contribution >= 4 is 23.2 Å². The molecule has 7 nitrogen and oxygen atoms in total. The molecule has 0 unspecified atom stereocenters. The van der Waals surface area contributed by atoms with E-state index in [4.69, 9.17) is 9.47 Å². The number of amides is 1. The fraction of sp³-hybridized carbons (Fsp3) is 0.647. The molecule has 1 aromatic rings. The van der Waals surface area contributed by atoms with Gasteiger partial charge in [0.2, 0.25) is 5.91 Å². The summed E-state index contributed by atoms with van der Waals surface area (Å²) in [4.78, 5) is 19.8. The summed E-state index contributed by atoms with van der Waals surface area (Å²) >= 11 is 1.78. The Bertz CT molecular complexity index is 562. The van der Waals surface area contributed by atoms with Crippen molar-refractivity contribution in [2.75, 3.05) is 53.6 Å². The van der Waals surface area contributed by atoms with Gasteiger partial charge in [-0.3, -0.25) is 9.79 Å². The summed E-state index contributed by atoms with van der Waals surface area (Å²) in [6.07, 6.45) is 1.82. The lowest BCUT2D eigenvalue weighted by atomic mass is 10.1. The van der Waals surface area contributed by atoms with Crippen LogP contribution in [-0.2, 0) is 27.2 Å². The van der Waals surface area contributed by atoms with Crippen LogP contribution in [0.5, 0.6) is 0 Å². The number of hydrogen-bond donors (Lipinski definition) is 2. The number of carbonyl (C=O) groups is 1. The third kappa shape index (κ3) is 6.64. The zero-order valence-corrected chi connectivity index (χ0v) is 15.9. The largest absolute Gasteiger partial charge is 0.382 e. The molecule has 1 aromatic heterocycles. The minimum Gasteiger partial charge on any atom is -0.382 e. The number of nitrogens with one attached hydrogen (secondary N) is 2. The number of methoxy groups -OCH3 is 1. The number of thiophene rings is 1. The number of hydrogen-bond acceptors (Lipinski definition) is 5. The van der Waals surface area contributed by atoms with Crippen LogP contribution in [0.1, 0.15) is 16.9 Å². The van der Waals surface area contributed by atoms with Gasteiger partial charge in [0, 0.05) is 45.3 Å². The van der Waals surface area contributed by atoms with E-state index in [1.165, 1.54) is 10.4 Å². The number of rotatable bonds is 9. The van der Waals surface area contributed by atoms with Crippen LogP contribution in [0.3, 0.4) is 0 Å². The van der Waals surface area contributed by atoms with Gasteiger partial charge in [0.05, 0.1) is 19.8 Å². The van der Waals surface area contributed by atoms with E-state index < -0.39 is 0 Å². The van der Waals surface area contributed by atoms with E-state index in [0.29, 0.717) is 32.3 Å². The molecule has 140 valence electrons. The van der Waals surface area contributed by atoms with Crippen LogP contribution in [0, 0.1) is 0 Å². The zero-order valence-electron chi connectivity index (χ0n) is 15.0. The average molecular weight is 369 g/mol. The first kappa shape index (κ1) is 19.7. The maximum absolute atomic E-state index is 12.4. The smallest absolute Gasteiger partial charge is 0.242 e. The van der Waals surface area contributed by atoms with Crippen molar-refractivity contribution in [2.45, 2.75) is 19.4 Å². The Kier molecular flexibility index (Phi) is 8.71. The third-order valence-electron chi connectivity index (χ3n) is 3.98. The molecule has 0 saturated carbocycles. The highest BCUT2D eigenvalue weighted by molar-refractivity contribution is 7.10. The van der Waals surface area contributed by atoms with Gasteiger partial charge in [-0.25, -0.2) is 0 Å². The van der Waals surface area contributed by atoms with Crippen LogP contribution in [0.2, 0.25) is 0 Å². The number of fused-ring (bicyclic) bond motifs is 1. The molecule has 0 radical (unpaired) electrons. The molecule has 0 fully saturated rings. The molecule has 0 spiro atoms. The molecule has 1 amide bonds. The van der Waals surface area contributed by atoms with E-state index in [1.807, 2.05) is 4.90 Å². The summed E-state index contributed by atoms with van der Waals surface area (Å²) in [7, 11) is 3.36. The summed E-state index contributed by atoms with van der Waals surface area (Å²) in [5.41, 5.74) is 1.28. The molecule has 8 heteroatoms. The van der Waals surface area contributed by atoms with Gasteiger partial charge in [-0.1, -0.05) is 0 Å². The number of guanidine groups is 1. The Balaban J connectivity index is 1.61. The number of ether oxygens (including phenoxy) is 2. The quantitative estimate of drug-likeness (QED) is 0.384. The van der Waals surface area contributed by atoms with Crippen LogP contribution in [-0.4, -0.2) is 70.4 Å². The fourth-order valence-electron chi connectivity index (χ4n) is 2.58. The molecular formula is C17H28N4O3S. The lowest BCUT2D eigenvalue weighted by molar-refractivity contribution is -0.130. The zero-order chi connectivity index (χ0) is 17.9. The standard InChI is InChI=1S/C17H28N4O3S/c1-18-17(19-6-3-8-24-10-9-23-2)20-12-16(22)21-7-4-15-14(13-21)5-11-25-15/h5,11H,3-4,6-10,12-13H2,1-2H3,(H2,18,19,20). The van der Waals surface area contributed by atoms with E-state index in [2.05, 4.69) is 27.1 Å². The Morgan fingerprint density at radius 1 is 1.36 bits per heavy atom. The lowest BCUT2D eigenvalue weighted by Gasteiger charge is -2.27. The molecule has 2 heterocycles.